The van der Waals surface area contributed by atoms with E-state index in [2.05, 4.69) is 4.99 Å². The molecule has 1 aliphatic rings. The summed E-state index contributed by atoms with van der Waals surface area (Å²) < 4.78 is 5.34. The minimum absolute atomic E-state index is 0.249. The van der Waals surface area contributed by atoms with Gasteiger partial charge in [0, 0.05) is 18.5 Å². The van der Waals surface area contributed by atoms with Crippen LogP contribution in [0.5, 0.6) is 0 Å². The molecule has 1 heterocycles. The highest BCUT2D eigenvalue weighted by Crippen LogP contribution is 2.31. The Morgan fingerprint density at radius 1 is 1.42 bits per heavy atom. The highest BCUT2D eigenvalue weighted by molar-refractivity contribution is 5.86. The molecule has 0 aliphatic carbocycles. The van der Waals surface area contributed by atoms with Crippen LogP contribution in [0.2, 0.25) is 0 Å². The molecule has 1 fully saturated rings. The number of aliphatic hydroxyl groups excluding tert-OH is 1. The molecule has 0 aromatic carbocycles. The smallest absolute Gasteiger partial charge is 0.410 e. The van der Waals surface area contributed by atoms with E-state index in [1.165, 1.54) is 0 Å². The maximum atomic E-state index is 11.9. The van der Waals surface area contributed by atoms with Crippen LogP contribution in [0, 0.1) is 5.41 Å². The Balaban J connectivity index is 2.58. The van der Waals surface area contributed by atoms with Gasteiger partial charge >= 0.3 is 6.09 Å². The number of ether oxygens (including phenoxy) is 1. The molecular weight excluding hydrogens is 246 g/mol. The molecule has 0 aromatic rings. The molecule has 1 amide bonds. The molecule has 19 heavy (non-hydrogen) atoms. The maximum Gasteiger partial charge on any atom is 0.410 e. The zero-order valence-electron chi connectivity index (χ0n) is 12.3. The monoisotopic (exact) mass is 271 g/mol. The van der Waals surface area contributed by atoms with Crippen molar-refractivity contribution >= 4 is 11.9 Å². The van der Waals surface area contributed by atoms with Crippen molar-refractivity contribution in [2.24, 2.45) is 16.1 Å². The Hall–Kier alpha value is -1.30. The van der Waals surface area contributed by atoms with Gasteiger partial charge in [0.25, 0.3) is 0 Å². The van der Waals surface area contributed by atoms with E-state index in [0.717, 1.165) is 12.8 Å². The number of carbonyl (C=O) groups excluding carboxylic acids is 1. The van der Waals surface area contributed by atoms with Crippen LogP contribution >= 0.6 is 0 Å². The van der Waals surface area contributed by atoms with Gasteiger partial charge in [0.1, 0.15) is 18.2 Å². The normalized spacial score (nSPS) is 20.3. The molecule has 0 spiro atoms. The summed E-state index contributed by atoms with van der Waals surface area (Å²) in [7, 11) is 0. The Bertz CT molecular complexity index is 353. The number of amides is 1. The van der Waals surface area contributed by atoms with Crippen molar-refractivity contribution in [2.45, 2.75) is 46.1 Å². The van der Waals surface area contributed by atoms with E-state index in [-0.39, 0.29) is 18.2 Å². The molecule has 0 atom stereocenters. The number of nitrogens with zero attached hydrogens (tertiary/aromatic N) is 2. The molecule has 0 bridgehead atoms. The minimum Gasteiger partial charge on any atom is -0.444 e. The van der Waals surface area contributed by atoms with Gasteiger partial charge in [-0.15, -0.1) is 0 Å². The lowest BCUT2D eigenvalue weighted by molar-refractivity contribution is 0.0164. The lowest BCUT2D eigenvalue weighted by Crippen LogP contribution is -2.48. The molecule has 110 valence electrons. The first-order valence-corrected chi connectivity index (χ1v) is 6.57. The summed E-state index contributed by atoms with van der Waals surface area (Å²) in [6.07, 6.45) is 1.16. The number of nitrogens with two attached hydrogens (primary N) is 1. The van der Waals surface area contributed by atoms with E-state index in [0.29, 0.717) is 18.9 Å². The molecule has 1 rings (SSSR count). The van der Waals surface area contributed by atoms with Crippen molar-refractivity contribution in [1.29, 1.82) is 0 Å². The third kappa shape index (κ3) is 4.38. The topological polar surface area (TPSA) is 88.2 Å². The van der Waals surface area contributed by atoms with Crippen molar-refractivity contribution in [1.82, 2.24) is 4.90 Å². The van der Waals surface area contributed by atoms with Crippen LogP contribution in [0.1, 0.15) is 40.5 Å². The lowest BCUT2D eigenvalue weighted by atomic mass is 9.79. The number of carbonyl (C=O) groups is 1. The first-order valence-electron chi connectivity index (χ1n) is 6.57. The van der Waals surface area contributed by atoms with Crippen LogP contribution in [0.25, 0.3) is 0 Å². The number of amidine groups is 1. The number of likely N-dealkylation sites (tertiary alicyclic amines) is 1. The SMILES string of the molecule is CC(C)(C)OC(=O)N1CCC(C)(C(N)=NCO)CC1. The van der Waals surface area contributed by atoms with Gasteiger partial charge < -0.3 is 20.5 Å². The second-order valence-electron chi connectivity index (χ2n) is 6.21. The number of hydrogen-bond donors (Lipinski definition) is 2. The van der Waals surface area contributed by atoms with Gasteiger partial charge in [-0.25, -0.2) is 9.79 Å². The molecular formula is C13H25N3O3. The van der Waals surface area contributed by atoms with Crippen molar-refractivity contribution in [3.8, 4) is 0 Å². The summed E-state index contributed by atoms with van der Waals surface area (Å²) in [4.78, 5) is 17.5. The molecule has 1 aliphatic heterocycles. The summed E-state index contributed by atoms with van der Waals surface area (Å²) >= 11 is 0. The van der Waals surface area contributed by atoms with Gasteiger partial charge in [0.2, 0.25) is 0 Å². The Morgan fingerprint density at radius 2 is 1.95 bits per heavy atom. The van der Waals surface area contributed by atoms with Crippen LogP contribution in [-0.2, 0) is 4.74 Å². The lowest BCUT2D eigenvalue weighted by Gasteiger charge is -2.39. The first kappa shape index (κ1) is 15.8. The Morgan fingerprint density at radius 3 is 2.37 bits per heavy atom. The number of rotatable bonds is 2. The molecule has 6 nitrogen and oxygen atoms in total. The van der Waals surface area contributed by atoms with Crippen LogP contribution < -0.4 is 5.73 Å². The highest BCUT2D eigenvalue weighted by Gasteiger charge is 2.36. The summed E-state index contributed by atoms with van der Waals surface area (Å²) in [5, 5.41) is 8.80. The number of aliphatic imine (C=N–C) groups is 1. The van der Waals surface area contributed by atoms with E-state index in [9.17, 15) is 4.79 Å². The average molecular weight is 271 g/mol. The van der Waals surface area contributed by atoms with E-state index < -0.39 is 5.60 Å². The van der Waals surface area contributed by atoms with Gasteiger partial charge in [-0.2, -0.15) is 0 Å². The van der Waals surface area contributed by atoms with Gasteiger partial charge in [-0.05, 0) is 33.6 Å². The van der Waals surface area contributed by atoms with E-state index in [4.69, 9.17) is 15.6 Å². The van der Waals surface area contributed by atoms with Crippen molar-refractivity contribution in [3.63, 3.8) is 0 Å². The summed E-state index contributed by atoms with van der Waals surface area (Å²) in [5.74, 6) is 0.457. The highest BCUT2D eigenvalue weighted by atomic mass is 16.6. The van der Waals surface area contributed by atoms with E-state index in [1.54, 1.807) is 4.90 Å². The summed E-state index contributed by atoms with van der Waals surface area (Å²) in [6, 6.07) is 0. The molecule has 1 saturated heterocycles. The van der Waals surface area contributed by atoms with Crippen molar-refractivity contribution < 1.29 is 14.6 Å². The number of aliphatic hydroxyl groups is 1. The van der Waals surface area contributed by atoms with Gasteiger partial charge in [0.05, 0.1) is 0 Å². The zero-order valence-corrected chi connectivity index (χ0v) is 12.3. The number of piperidine rings is 1. The fraction of sp³-hybridized carbons (Fsp3) is 0.846. The third-order valence-corrected chi connectivity index (χ3v) is 3.38. The maximum absolute atomic E-state index is 11.9. The predicted molar refractivity (Wildman–Crippen MR) is 73.9 cm³/mol. The van der Waals surface area contributed by atoms with Gasteiger partial charge in [0.15, 0.2) is 0 Å². The standard InChI is InChI=1S/C13H25N3O3/c1-12(2,3)19-11(18)16-7-5-13(4,6-8-16)10(14)15-9-17/h17H,5-9H2,1-4H3,(H2,14,15). The fourth-order valence-electron chi connectivity index (χ4n) is 2.03. The zero-order chi connectivity index (χ0) is 14.7. The Labute approximate surface area is 114 Å². The average Bonchev–Trinajstić information content (AvgIpc) is 2.27. The number of hydrogen-bond acceptors (Lipinski definition) is 4. The van der Waals surface area contributed by atoms with Crippen LogP contribution in [0.4, 0.5) is 4.79 Å². The summed E-state index contributed by atoms with van der Waals surface area (Å²) in [5.41, 5.74) is 5.15. The Kier molecular flexibility index (Phi) is 4.79. The molecule has 3 N–H and O–H groups in total. The third-order valence-electron chi connectivity index (χ3n) is 3.38. The largest absolute Gasteiger partial charge is 0.444 e. The molecule has 0 radical (unpaired) electrons. The van der Waals surface area contributed by atoms with Gasteiger partial charge in [-0.1, -0.05) is 6.92 Å². The first-order chi connectivity index (χ1) is 8.68. The molecule has 0 aromatic heterocycles. The second kappa shape index (κ2) is 5.77. The quantitative estimate of drug-likeness (QED) is 0.586. The van der Waals surface area contributed by atoms with Crippen LogP contribution in [0.15, 0.2) is 4.99 Å². The molecule has 6 heteroatoms. The second-order valence-corrected chi connectivity index (χ2v) is 6.21. The van der Waals surface area contributed by atoms with E-state index >= 15 is 0 Å². The fourth-order valence-corrected chi connectivity index (χ4v) is 2.03. The summed E-state index contributed by atoms with van der Waals surface area (Å²) in [6.45, 7) is 8.45. The van der Waals surface area contributed by atoms with E-state index in [1.807, 2.05) is 27.7 Å². The molecule has 0 unspecified atom stereocenters. The van der Waals surface area contributed by atoms with Gasteiger partial charge in [-0.3, -0.25) is 0 Å². The van der Waals surface area contributed by atoms with Crippen molar-refractivity contribution in [3.05, 3.63) is 0 Å². The predicted octanol–water partition coefficient (Wildman–Crippen LogP) is 1.33. The van der Waals surface area contributed by atoms with Crippen molar-refractivity contribution in [2.75, 3.05) is 19.8 Å². The molecule has 0 saturated carbocycles. The minimum atomic E-state index is -0.477. The van der Waals surface area contributed by atoms with Crippen LogP contribution in [-0.4, -0.2) is 47.4 Å². The van der Waals surface area contributed by atoms with Crippen LogP contribution in [0.3, 0.4) is 0 Å².